The van der Waals surface area contributed by atoms with E-state index in [9.17, 15) is 0 Å². The van der Waals surface area contributed by atoms with Gasteiger partial charge in [0.15, 0.2) is 0 Å². The summed E-state index contributed by atoms with van der Waals surface area (Å²) in [5.41, 5.74) is 5.11. The molecule has 0 radical (unpaired) electrons. The second-order valence-electron chi connectivity index (χ2n) is 7.17. The number of halogens is 2. The molecule has 0 spiro atoms. The van der Waals surface area contributed by atoms with Crippen molar-refractivity contribution in [3.63, 3.8) is 0 Å². The Bertz CT molecular complexity index is 932. The van der Waals surface area contributed by atoms with Crippen molar-refractivity contribution in [3.8, 4) is 5.75 Å². The lowest BCUT2D eigenvalue weighted by molar-refractivity contribution is 0.413. The maximum Gasteiger partial charge on any atom is 0.129 e. The molecule has 0 fully saturated rings. The van der Waals surface area contributed by atoms with Gasteiger partial charge in [-0.1, -0.05) is 35.3 Å². The quantitative estimate of drug-likeness (QED) is 0.526. The summed E-state index contributed by atoms with van der Waals surface area (Å²) < 4.78 is 5.65. The van der Waals surface area contributed by atoms with Gasteiger partial charge in [-0.25, -0.2) is 0 Å². The zero-order chi connectivity index (χ0) is 19.8. The first kappa shape index (κ1) is 19.8. The fourth-order valence-electron chi connectivity index (χ4n) is 3.71. The standard InChI is InChI=1S/C22H24Cl2N2O/c1-6-26-19-11-20(27-5)15(10-16(19)14(2)12-22(26,3)4)13-25-18-9-7-8-17(23)21(18)24/h7-13H,6H2,1-5H3. The first-order chi connectivity index (χ1) is 12.8. The van der Waals surface area contributed by atoms with Gasteiger partial charge in [0.25, 0.3) is 0 Å². The van der Waals surface area contributed by atoms with Crippen molar-refractivity contribution in [1.82, 2.24) is 0 Å². The molecule has 142 valence electrons. The van der Waals surface area contributed by atoms with Crippen LogP contribution in [0.1, 0.15) is 38.8 Å². The van der Waals surface area contributed by atoms with Gasteiger partial charge in [-0.2, -0.15) is 0 Å². The Morgan fingerprint density at radius 3 is 2.63 bits per heavy atom. The van der Waals surface area contributed by atoms with E-state index in [1.54, 1.807) is 19.4 Å². The van der Waals surface area contributed by atoms with Crippen molar-refractivity contribution in [2.75, 3.05) is 18.6 Å². The van der Waals surface area contributed by atoms with Crippen LogP contribution in [0.2, 0.25) is 10.0 Å². The molecule has 3 rings (SSSR count). The van der Waals surface area contributed by atoms with E-state index < -0.39 is 0 Å². The van der Waals surface area contributed by atoms with Crippen molar-refractivity contribution < 1.29 is 4.74 Å². The molecule has 0 aliphatic carbocycles. The Labute approximate surface area is 171 Å². The van der Waals surface area contributed by atoms with E-state index >= 15 is 0 Å². The van der Waals surface area contributed by atoms with E-state index in [0.717, 1.165) is 17.9 Å². The molecule has 0 atom stereocenters. The molecule has 27 heavy (non-hydrogen) atoms. The highest BCUT2D eigenvalue weighted by Crippen LogP contribution is 2.42. The fraction of sp³-hybridized carbons (Fsp3) is 0.318. The first-order valence-electron chi connectivity index (χ1n) is 8.96. The maximum absolute atomic E-state index is 6.25. The number of allylic oxidation sites excluding steroid dienone is 1. The second-order valence-corrected chi connectivity index (χ2v) is 7.95. The summed E-state index contributed by atoms with van der Waals surface area (Å²) in [6, 6.07) is 9.64. The van der Waals surface area contributed by atoms with Crippen molar-refractivity contribution in [1.29, 1.82) is 0 Å². The second kappa shape index (κ2) is 7.57. The number of fused-ring (bicyclic) bond motifs is 1. The molecule has 0 amide bonds. The van der Waals surface area contributed by atoms with Crippen LogP contribution in [-0.4, -0.2) is 25.4 Å². The third kappa shape index (κ3) is 3.71. The highest BCUT2D eigenvalue weighted by molar-refractivity contribution is 6.43. The fourth-order valence-corrected chi connectivity index (χ4v) is 4.05. The monoisotopic (exact) mass is 402 g/mol. The number of methoxy groups -OCH3 is 1. The minimum Gasteiger partial charge on any atom is -0.496 e. The van der Waals surface area contributed by atoms with Crippen LogP contribution in [0, 0.1) is 0 Å². The Balaban J connectivity index is 2.10. The highest BCUT2D eigenvalue weighted by Gasteiger charge is 2.31. The Hall–Kier alpha value is -1.97. The normalized spacial score (nSPS) is 15.7. The highest BCUT2D eigenvalue weighted by atomic mass is 35.5. The summed E-state index contributed by atoms with van der Waals surface area (Å²) in [6.45, 7) is 9.69. The topological polar surface area (TPSA) is 24.8 Å². The van der Waals surface area contributed by atoms with Crippen LogP contribution >= 0.6 is 23.2 Å². The van der Waals surface area contributed by atoms with E-state index in [1.807, 2.05) is 12.1 Å². The lowest BCUT2D eigenvalue weighted by Crippen LogP contribution is -2.44. The molecular formula is C22H24Cl2N2O. The Kier molecular flexibility index (Phi) is 5.55. The predicted molar refractivity (Wildman–Crippen MR) is 117 cm³/mol. The van der Waals surface area contributed by atoms with Gasteiger partial charge < -0.3 is 9.64 Å². The van der Waals surface area contributed by atoms with Crippen molar-refractivity contribution in [2.45, 2.75) is 33.2 Å². The summed E-state index contributed by atoms with van der Waals surface area (Å²) in [6.07, 6.45) is 4.08. The lowest BCUT2D eigenvalue weighted by atomic mass is 9.88. The SMILES string of the molecule is CCN1c2cc(OC)c(C=Nc3cccc(Cl)c3Cl)cc2C(C)=CC1(C)C. The number of anilines is 1. The van der Waals surface area contributed by atoms with Gasteiger partial charge in [0.2, 0.25) is 0 Å². The molecule has 2 aromatic carbocycles. The summed E-state index contributed by atoms with van der Waals surface area (Å²) in [5.74, 6) is 0.777. The third-order valence-electron chi connectivity index (χ3n) is 4.92. The van der Waals surface area contributed by atoms with Gasteiger partial charge in [-0.15, -0.1) is 0 Å². The largest absolute Gasteiger partial charge is 0.496 e. The molecule has 1 aliphatic heterocycles. The molecule has 0 saturated carbocycles. The molecule has 0 aromatic heterocycles. The molecule has 0 bridgehead atoms. The molecular weight excluding hydrogens is 379 g/mol. The van der Waals surface area contributed by atoms with Crippen LogP contribution in [0.5, 0.6) is 5.75 Å². The minimum absolute atomic E-state index is 0.0409. The number of hydrogen-bond donors (Lipinski definition) is 0. The van der Waals surface area contributed by atoms with Crippen LogP contribution < -0.4 is 9.64 Å². The molecule has 0 saturated heterocycles. The Morgan fingerprint density at radius 1 is 1.22 bits per heavy atom. The number of aliphatic imine (C=N–C) groups is 1. The van der Waals surface area contributed by atoms with E-state index in [-0.39, 0.29) is 5.54 Å². The number of nitrogens with zero attached hydrogens (tertiary/aromatic N) is 2. The van der Waals surface area contributed by atoms with Crippen LogP contribution in [0.15, 0.2) is 41.4 Å². The van der Waals surface area contributed by atoms with Crippen LogP contribution in [0.4, 0.5) is 11.4 Å². The van der Waals surface area contributed by atoms with Crippen molar-refractivity contribution in [2.24, 2.45) is 4.99 Å². The van der Waals surface area contributed by atoms with Crippen LogP contribution in [0.25, 0.3) is 5.57 Å². The molecule has 1 heterocycles. The number of ether oxygens (including phenoxy) is 1. The zero-order valence-corrected chi connectivity index (χ0v) is 17.8. The van der Waals surface area contributed by atoms with E-state index in [1.165, 1.54) is 16.8 Å². The van der Waals surface area contributed by atoms with Crippen LogP contribution in [0.3, 0.4) is 0 Å². The summed E-state index contributed by atoms with van der Waals surface area (Å²) >= 11 is 12.3. The average molecular weight is 403 g/mol. The van der Waals surface area contributed by atoms with Gasteiger partial charge in [0.1, 0.15) is 5.75 Å². The predicted octanol–water partition coefficient (Wildman–Crippen LogP) is 6.77. The van der Waals surface area contributed by atoms with Gasteiger partial charge in [-0.3, -0.25) is 4.99 Å². The number of likely N-dealkylation sites (N-methyl/N-ethyl adjacent to an activating group) is 1. The van der Waals surface area contributed by atoms with E-state index in [0.29, 0.717) is 15.7 Å². The first-order valence-corrected chi connectivity index (χ1v) is 9.71. The molecule has 5 heteroatoms. The summed E-state index contributed by atoms with van der Waals surface area (Å²) in [4.78, 5) is 6.91. The minimum atomic E-state index is -0.0409. The van der Waals surface area contributed by atoms with Gasteiger partial charge in [-0.05, 0) is 51.5 Å². The molecule has 0 N–H and O–H groups in total. The molecule has 1 aliphatic rings. The molecule has 3 nitrogen and oxygen atoms in total. The average Bonchev–Trinajstić information content (AvgIpc) is 2.62. The molecule has 0 unspecified atom stereocenters. The Morgan fingerprint density at radius 2 is 1.96 bits per heavy atom. The smallest absolute Gasteiger partial charge is 0.129 e. The van der Waals surface area contributed by atoms with Gasteiger partial charge >= 0.3 is 0 Å². The van der Waals surface area contributed by atoms with Gasteiger partial charge in [0, 0.05) is 35.6 Å². The van der Waals surface area contributed by atoms with Crippen LogP contribution in [-0.2, 0) is 0 Å². The van der Waals surface area contributed by atoms with E-state index in [2.05, 4.69) is 55.8 Å². The zero-order valence-electron chi connectivity index (χ0n) is 16.3. The number of benzene rings is 2. The third-order valence-corrected chi connectivity index (χ3v) is 5.73. The lowest BCUT2D eigenvalue weighted by Gasteiger charge is -2.43. The number of rotatable bonds is 4. The van der Waals surface area contributed by atoms with Gasteiger partial charge in [0.05, 0.1) is 28.4 Å². The molecule has 2 aromatic rings. The number of hydrogen-bond acceptors (Lipinski definition) is 3. The summed E-state index contributed by atoms with van der Waals surface area (Å²) in [7, 11) is 1.68. The van der Waals surface area contributed by atoms with Crippen molar-refractivity contribution >= 4 is 46.4 Å². The maximum atomic E-state index is 6.25. The summed E-state index contributed by atoms with van der Waals surface area (Å²) in [5, 5.41) is 0.936. The van der Waals surface area contributed by atoms with E-state index in [4.69, 9.17) is 27.9 Å². The van der Waals surface area contributed by atoms with Crippen molar-refractivity contribution in [3.05, 3.63) is 57.6 Å².